The first kappa shape index (κ1) is 14.5. The lowest BCUT2D eigenvalue weighted by Crippen LogP contribution is -2.35. The molecule has 1 saturated carbocycles. The van der Waals surface area contributed by atoms with Gasteiger partial charge in [0.2, 0.25) is 0 Å². The maximum Gasteiger partial charge on any atom is 0.123 e. The molecule has 1 saturated heterocycles. The van der Waals surface area contributed by atoms with E-state index in [9.17, 15) is 0 Å². The number of benzene rings is 1. The molecule has 3 aliphatic rings. The molecule has 0 spiro atoms. The van der Waals surface area contributed by atoms with Crippen LogP contribution in [0.5, 0.6) is 5.75 Å². The van der Waals surface area contributed by atoms with Gasteiger partial charge in [-0.25, -0.2) is 0 Å². The molecule has 0 bridgehead atoms. The van der Waals surface area contributed by atoms with E-state index in [0.29, 0.717) is 6.10 Å². The molecule has 3 nitrogen and oxygen atoms in total. The van der Waals surface area contributed by atoms with Crippen molar-refractivity contribution < 1.29 is 9.47 Å². The second-order valence-electron chi connectivity index (χ2n) is 7.34. The van der Waals surface area contributed by atoms with E-state index < -0.39 is 0 Å². The lowest BCUT2D eigenvalue weighted by Gasteiger charge is -2.35. The van der Waals surface area contributed by atoms with Crippen LogP contribution in [0.1, 0.15) is 37.3 Å². The van der Waals surface area contributed by atoms with Crippen LogP contribution < -0.4 is 4.74 Å². The highest BCUT2D eigenvalue weighted by Crippen LogP contribution is 2.35. The average molecular weight is 301 g/mol. The first-order valence-corrected chi connectivity index (χ1v) is 8.86. The van der Waals surface area contributed by atoms with Crippen molar-refractivity contribution in [3.63, 3.8) is 0 Å². The third kappa shape index (κ3) is 3.02. The van der Waals surface area contributed by atoms with Crippen LogP contribution in [0.3, 0.4) is 0 Å². The number of rotatable bonds is 3. The molecule has 2 unspecified atom stereocenters. The second kappa shape index (κ2) is 6.21. The predicted octanol–water partition coefficient (Wildman–Crippen LogP) is 3.26. The highest BCUT2D eigenvalue weighted by molar-refractivity contribution is 5.40. The minimum atomic E-state index is 0.333. The van der Waals surface area contributed by atoms with E-state index in [2.05, 4.69) is 30.0 Å². The Morgan fingerprint density at radius 2 is 2.14 bits per heavy atom. The summed E-state index contributed by atoms with van der Waals surface area (Å²) < 4.78 is 11.7. The van der Waals surface area contributed by atoms with Crippen molar-refractivity contribution in [2.45, 2.75) is 45.3 Å². The lowest BCUT2D eigenvalue weighted by atomic mass is 9.76. The first-order valence-electron chi connectivity index (χ1n) is 8.86. The van der Waals surface area contributed by atoms with Crippen LogP contribution in [-0.2, 0) is 17.7 Å². The van der Waals surface area contributed by atoms with E-state index in [0.717, 1.165) is 50.3 Å². The summed E-state index contributed by atoms with van der Waals surface area (Å²) in [4.78, 5) is 2.59. The molecule has 22 heavy (non-hydrogen) atoms. The molecule has 1 aromatic rings. The molecule has 0 amide bonds. The van der Waals surface area contributed by atoms with E-state index in [-0.39, 0.29) is 0 Å². The van der Waals surface area contributed by atoms with Crippen molar-refractivity contribution in [2.24, 2.45) is 11.8 Å². The van der Waals surface area contributed by atoms with Gasteiger partial charge in [0, 0.05) is 26.1 Å². The van der Waals surface area contributed by atoms with Gasteiger partial charge in [0.05, 0.1) is 13.2 Å². The highest BCUT2D eigenvalue weighted by Gasteiger charge is 2.30. The molecule has 0 aromatic heterocycles. The Bertz CT molecular complexity index is 526. The normalized spacial score (nSPS) is 29.5. The van der Waals surface area contributed by atoms with Crippen molar-refractivity contribution >= 4 is 0 Å². The van der Waals surface area contributed by atoms with Crippen molar-refractivity contribution in [1.82, 2.24) is 4.90 Å². The predicted molar refractivity (Wildman–Crippen MR) is 87.2 cm³/mol. The van der Waals surface area contributed by atoms with Crippen LogP contribution in [0.15, 0.2) is 18.2 Å². The van der Waals surface area contributed by atoms with Crippen LogP contribution in [0.4, 0.5) is 0 Å². The summed E-state index contributed by atoms with van der Waals surface area (Å²) in [6.45, 7) is 7.32. The monoisotopic (exact) mass is 301 g/mol. The van der Waals surface area contributed by atoms with Crippen molar-refractivity contribution in [1.29, 1.82) is 0 Å². The highest BCUT2D eigenvalue weighted by atomic mass is 16.5. The summed E-state index contributed by atoms with van der Waals surface area (Å²) in [6.07, 6.45) is 5.63. The fourth-order valence-electron chi connectivity index (χ4n) is 4.08. The first-order chi connectivity index (χ1) is 10.8. The van der Waals surface area contributed by atoms with E-state index >= 15 is 0 Å². The van der Waals surface area contributed by atoms with Gasteiger partial charge in [-0.3, -0.25) is 4.90 Å². The quantitative estimate of drug-likeness (QED) is 0.855. The molecular formula is C19H27NO2. The number of fused-ring (bicyclic) bond motifs is 1. The summed E-state index contributed by atoms with van der Waals surface area (Å²) in [7, 11) is 0. The fourth-order valence-corrected chi connectivity index (χ4v) is 4.08. The van der Waals surface area contributed by atoms with Crippen LogP contribution in [-0.4, -0.2) is 37.3 Å². The van der Waals surface area contributed by atoms with Gasteiger partial charge in [-0.2, -0.15) is 0 Å². The lowest BCUT2D eigenvalue weighted by molar-refractivity contribution is 0.0769. The molecule has 2 atom stereocenters. The zero-order chi connectivity index (χ0) is 14.9. The summed E-state index contributed by atoms with van der Waals surface area (Å²) in [5.41, 5.74) is 2.80. The molecule has 2 heterocycles. The summed E-state index contributed by atoms with van der Waals surface area (Å²) in [6, 6.07) is 6.75. The summed E-state index contributed by atoms with van der Waals surface area (Å²) in [5, 5.41) is 0. The molecule has 1 aromatic carbocycles. The van der Waals surface area contributed by atoms with E-state index in [1.54, 1.807) is 0 Å². The molecule has 0 radical (unpaired) electrons. The zero-order valence-electron chi connectivity index (χ0n) is 13.6. The minimum Gasteiger partial charge on any atom is -0.490 e. The van der Waals surface area contributed by atoms with Crippen molar-refractivity contribution in [3.05, 3.63) is 29.3 Å². The van der Waals surface area contributed by atoms with Gasteiger partial charge in [0.25, 0.3) is 0 Å². The molecule has 0 N–H and O–H groups in total. The molecule has 4 rings (SSSR count). The van der Waals surface area contributed by atoms with Gasteiger partial charge in [-0.15, -0.1) is 0 Å². The van der Waals surface area contributed by atoms with Gasteiger partial charge in [-0.05, 0) is 36.0 Å². The number of nitrogens with zero attached hydrogens (tertiary/aromatic N) is 1. The Morgan fingerprint density at radius 1 is 1.23 bits per heavy atom. The van der Waals surface area contributed by atoms with Gasteiger partial charge >= 0.3 is 0 Å². The van der Waals surface area contributed by atoms with Crippen LogP contribution >= 0.6 is 0 Å². The standard InChI is InChI=1S/C19H27NO2/c1-14-9-17-10-15(5-6-19(17)22-14)11-20-7-8-21-13-18(12-20)16-3-2-4-16/h5-6,10,14,16,18H,2-4,7-9,11-13H2,1H3. The third-order valence-corrected chi connectivity index (χ3v) is 5.56. The molecule has 2 fully saturated rings. The number of hydrogen-bond acceptors (Lipinski definition) is 3. The van der Waals surface area contributed by atoms with Gasteiger partial charge < -0.3 is 9.47 Å². The second-order valence-corrected chi connectivity index (χ2v) is 7.34. The largest absolute Gasteiger partial charge is 0.490 e. The molecule has 3 heteroatoms. The Labute approximate surface area is 133 Å². The maximum atomic E-state index is 5.86. The molecule has 120 valence electrons. The smallest absolute Gasteiger partial charge is 0.123 e. The van der Waals surface area contributed by atoms with Crippen molar-refractivity contribution in [3.8, 4) is 5.75 Å². The molecular weight excluding hydrogens is 274 g/mol. The average Bonchev–Trinajstić information content (AvgIpc) is 2.65. The Kier molecular flexibility index (Phi) is 4.10. The van der Waals surface area contributed by atoms with Crippen LogP contribution in [0.25, 0.3) is 0 Å². The van der Waals surface area contributed by atoms with E-state index in [1.807, 2.05) is 0 Å². The number of hydrogen-bond donors (Lipinski definition) is 0. The topological polar surface area (TPSA) is 21.7 Å². The number of ether oxygens (including phenoxy) is 2. The maximum absolute atomic E-state index is 5.86. The Balaban J connectivity index is 1.42. The van der Waals surface area contributed by atoms with E-state index in [4.69, 9.17) is 9.47 Å². The minimum absolute atomic E-state index is 0.333. The summed E-state index contributed by atoms with van der Waals surface area (Å²) in [5.74, 6) is 2.74. The van der Waals surface area contributed by atoms with E-state index in [1.165, 1.54) is 36.9 Å². The van der Waals surface area contributed by atoms with Gasteiger partial charge in [-0.1, -0.05) is 31.4 Å². The summed E-state index contributed by atoms with van der Waals surface area (Å²) >= 11 is 0. The SMILES string of the molecule is CC1Cc2cc(CN3CCOCC(C4CCC4)C3)ccc2O1. The van der Waals surface area contributed by atoms with Gasteiger partial charge in [0.1, 0.15) is 11.9 Å². The van der Waals surface area contributed by atoms with Crippen molar-refractivity contribution in [2.75, 3.05) is 26.3 Å². The third-order valence-electron chi connectivity index (χ3n) is 5.56. The van der Waals surface area contributed by atoms with Crippen LogP contribution in [0, 0.1) is 11.8 Å². The Hall–Kier alpha value is -1.06. The zero-order valence-corrected chi connectivity index (χ0v) is 13.6. The Morgan fingerprint density at radius 3 is 2.95 bits per heavy atom. The molecule has 2 aliphatic heterocycles. The van der Waals surface area contributed by atoms with Crippen LogP contribution in [0.2, 0.25) is 0 Å². The fraction of sp³-hybridized carbons (Fsp3) is 0.684. The molecule has 1 aliphatic carbocycles. The van der Waals surface area contributed by atoms with Gasteiger partial charge in [0.15, 0.2) is 0 Å².